The van der Waals surface area contributed by atoms with Crippen LogP contribution in [0.1, 0.15) is 36.0 Å². The number of hydrogen-bond acceptors (Lipinski definition) is 2. The maximum absolute atomic E-state index is 11.8. The molecule has 1 amide bonds. The van der Waals surface area contributed by atoms with E-state index in [9.17, 15) is 9.90 Å². The fourth-order valence-electron chi connectivity index (χ4n) is 2.44. The second-order valence-corrected chi connectivity index (χ2v) is 5.27. The SMILES string of the molecule is O=C(NCC(O)C1CCCC1)c1cccc(Cl)c1. The second-order valence-electron chi connectivity index (χ2n) is 4.83. The Morgan fingerprint density at radius 2 is 2.17 bits per heavy atom. The van der Waals surface area contributed by atoms with Gasteiger partial charge in [0.25, 0.3) is 5.91 Å². The predicted molar refractivity (Wildman–Crippen MR) is 71.8 cm³/mol. The highest BCUT2D eigenvalue weighted by Gasteiger charge is 2.23. The number of aliphatic hydroxyl groups excluding tert-OH is 1. The molecule has 1 aromatic carbocycles. The van der Waals surface area contributed by atoms with Gasteiger partial charge >= 0.3 is 0 Å². The average molecular weight is 268 g/mol. The first kappa shape index (κ1) is 13.4. The summed E-state index contributed by atoms with van der Waals surface area (Å²) in [5.74, 6) is 0.152. The van der Waals surface area contributed by atoms with Crippen LogP contribution in [0, 0.1) is 5.92 Å². The second kappa shape index (κ2) is 6.21. The zero-order valence-electron chi connectivity index (χ0n) is 10.2. The van der Waals surface area contributed by atoms with Gasteiger partial charge < -0.3 is 10.4 Å². The lowest BCUT2D eigenvalue weighted by Crippen LogP contribution is -2.35. The Hall–Kier alpha value is -1.06. The molecule has 0 spiro atoms. The van der Waals surface area contributed by atoms with Crippen molar-refractivity contribution in [1.82, 2.24) is 5.32 Å². The van der Waals surface area contributed by atoms with Gasteiger partial charge in [0.05, 0.1) is 6.10 Å². The highest BCUT2D eigenvalue weighted by molar-refractivity contribution is 6.30. The summed E-state index contributed by atoms with van der Waals surface area (Å²) in [5, 5.41) is 13.3. The van der Waals surface area contributed by atoms with Crippen LogP contribution in [0.3, 0.4) is 0 Å². The molecule has 0 bridgehead atoms. The first-order valence-corrected chi connectivity index (χ1v) is 6.76. The van der Waals surface area contributed by atoms with Crippen LogP contribution in [0.2, 0.25) is 5.02 Å². The van der Waals surface area contributed by atoms with E-state index in [0.717, 1.165) is 12.8 Å². The summed E-state index contributed by atoms with van der Waals surface area (Å²) < 4.78 is 0. The number of benzene rings is 1. The van der Waals surface area contributed by atoms with Gasteiger partial charge in [0.15, 0.2) is 0 Å². The summed E-state index contributed by atoms with van der Waals surface area (Å²) in [6.45, 7) is 0.315. The van der Waals surface area contributed by atoms with Crippen molar-refractivity contribution in [2.45, 2.75) is 31.8 Å². The summed E-state index contributed by atoms with van der Waals surface area (Å²) >= 11 is 5.83. The topological polar surface area (TPSA) is 49.3 Å². The van der Waals surface area contributed by atoms with Gasteiger partial charge in [0.1, 0.15) is 0 Å². The van der Waals surface area contributed by atoms with Crippen LogP contribution in [0.25, 0.3) is 0 Å². The van der Waals surface area contributed by atoms with Crippen LogP contribution in [0.4, 0.5) is 0 Å². The van der Waals surface area contributed by atoms with Crippen LogP contribution in [0.5, 0.6) is 0 Å². The van der Waals surface area contributed by atoms with Gasteiger partial charge in [-0.2, -0.15) is 0 Å². The first-order chi connectivity index (χ1) is 8.66. The molecule has 0 heterocycles. The Morgan fingerprint density at radius 1 is 1.44 bits per heavy atom. The summed E-state index contributed by atoms with van der Waals surface area (Å²) in [6.07, 6.45) is 4.06. The number of carbonyl (C=O) groups excluding carboxylic acids is 1. The standard InChI is InChI=1S/C14H18ClNO2/c15-12-7-3-6-11(8-12)14(18)16-9-13(17)10-4-1-2-5-10/h3,6-8,10,13,17H,1-2,4-5,9H2,(H,16,18). The number of amides is 1. The minimum absolute atomic E-state index is 0.186. The Bertz CT molecular complexity index is 416. The molecule has 3 nitrogen and oxygen atoms in total. The van der Waals surface area contributed by atoms with Crippen LogP contribution >= 0.6 is 11.6 Å². The number of nitrogens with one attached hydrogen (secondary N) is 1. The van der Waals surface area contributed by atoms with Crippen molar-refractivity contribution in [1.29, 1.82) is 0 Å². The molecule has 2 rings (SSSR count). The third kappa shape index (κ3) is 3.47. The van der Waals surface area contributed by atoms with Crippen LogP contribution in [0.15, 0.2) is 24.3 Å². The summed E-state index contributed by atoms with van der Waals surface area (Å²) in [6, 6.07) is 6.80. The molecule has 98 valence electrons. The summed E-state index contributed by atoms with van der Waals surface area (Å²) in [5.41, 5.74) is 0.529. The van der Waals surface area contributed by atoms with Crippen LogP contribution in [-0.4, -0.2) is 23.7 Å². The summed E-state index contributed by atoms with van der Waals surface area (Å²) in [4.78, 5) is 11.8. The van der Waals surface area contributed by atoms with E-state index >= 15 is 0 Å². The molecular weight excluding hydrogens is 250 g/mol. The molecule has 0 saturated heterocycles. The quantitative estimate of drug-likeness (QED) is 0.881. The first-order valence-electron chi connectivity index (χ1n) is 6.38. The molecule has 1 fully saturated rings. The van der Waals surface area contributed by atoms with Crippen molar-refractivity contribution in [3.63, 3.8) is 0 Å². The molecule has 2 N–H and O–H groups in total. The van der Waals surface area contributed by atoms with E-state index in [4.69, 9.17) is 11.6 Å². The molecule has 1 saturated carbocycles. The molecule has 1 aromatic rings. The maximum atomic E-state index is 11.8. The van der Waals surface area contributed by atoms with E-state index in [1.54, 1.807) is 24.3 Å². The number of rotatable bonds is 4. The van der Waals surface area contributed by atoms with Gasteiger partial charge in [-0.05, 0) is 37.0 Å². The van der Waals surface area contributed by atoms with E-state index in [1.165, 1.54) is 12.8 Å². The minimum atomic E-state index is -0.435. The van der Waals surface area contributed by atoms with E-state index in [2.05, 4.69) is 5.32 Å². The zero-order chi connectivity index (χ0) is 13.0. The van der Waals surface area contributed by atoms with Gasteiger partial charge in [-0.15, -0.1) is 0 Å². The third-order valence-corrected chi connectivity index (χ3v) is 3.74. The molecule has 0 aromatic heterocycles. The van der Waals surface area contributed by atoms with Gasteiger partial charge in [0.2, 0.25) is 0 Å². The molecule has 0 radical (unpaired) electrons. The van der Waals surface area contributed by atoms with Gasteiger partial charge in [-0.1, -0.05) is 30.5 Å². The number of halogens is 1. The van der Waals surface area contributed by atoms with Crippen molar-refractivity contribution >= 4 is 17.5 Å². The van der Waals surface area contributed by atoms with Crippen LogP contribution < -0.4 is 5.32 Å². The highest BCUT2D eigenvalue weighted by Crippen LogP contribution is 2.27. The van der Waals surface area contributed by atoms with Gasteiger partial charge in [-0.3, -0.25) is 4.79 Å². The highest BCUT2D eigenvalue weighted by atomic mass is 35.5. The molecule has 4 heteroatoms. The van der Waals surface area contributed by atoms with E-state index in [0.29, 0.717) is 23.0 Å². The lowest BCUT2D eigenvalue weighted by molar-refractivity contribution is 0.0840. The molecular formula is C14H18ClNO2. The third-order valence-electron chi connectivity index (χ3n) is 3.50. The summed E-state index contributed by atoms with van der Waals surface area (Å²) in [7, 11) is 0. The maximum Gasteiger partial charge on any atom is 0.251 e. The van der Waals surface area contributed by atoms with E-state index in [-0.39, 0.29) is 5.91 Å². The van der Waals surface area contributed by atoms with Crippen molar-refractivity contribution in [2.75, 3.05) is 6.54 Å². The number of aliphatic hydroxyl groups is 1. The van der Waals surface area contributed by atoms with Crippen LogP contribution in [-0.2, 0) is 0 Å². The average Bonchev–Trinajstić information content (AvgIpc) is 2.89. The Morgan fingerprint density at radius 3 is 2.83 bits per heavy atom. The minimum Gasteiger partial charge on any atom is -0.391 e. The molecule has 18 heavy (non-hydrogen) atoms. The zero-order valence-corrected chi connectivity index (χ0v) is 11.0. The predicted octanol–water partition coefficient (Wildman–Crippen LogP) is 2.62. The lowest BCUT2D eigenvalue weighted by Gasteiger charge is -2.18. The number of hydrogen-bond donors (Lipinski definition) is 2. The normalized spacial score (nSPS) is 17.7. The molecule has 0 aliphatic heterocycles. The Labute approximate surface area is 112 Å². The fraction of sp³-hybridized carbons (Fsp3) is 0.500. The smallest absolute Gasteiger partial charge is 0.251 e. The Kier molecular flexibility index (Phi) is 4.61. The Balaban J connectivity index is 1.84. The van der Waals surface area contributed by atoms with Crippen molar-refractivity contribution in [2.24, 2.45) is 5.92 Å². The van der Waals surface area contributed by atoms with Crippen molar-refractivity contribution < 1.29 is 9.90 Å². The van der Waals surface area contributed by atoms with Crippen molar-refractivity contribution in [3.05, 3.63) is 34.9 Å². The molecule has 1 unspecified atom stereocenters. The van der Waals surface area contributed by atoms with E-state index in [1.807, 2.05) is 0 Å². The largest absolute Gasteiger partial charge is 0.391 e. The molecule has 1 aliphatic carbocycles. The van der Waals surface area contributed by atoms with E-state index < -0.39 is 6.10 Å². The van der Waals surface area contributed by atoms with Crippen molar-refractivity contribution in [3.8, 4) is 0 Å². The monoisotopic (exact) mass is 267 g/mol. The molecule has 1 atom stereocenters. The van der Waals surface area contributed by atoms with Gasteiger partial charge in [0, 0.05) is 17.1 Å². The lowest BCUT2D eigenvalue weighted by atomic mass is 10.0. The molecule has 1 aliphatic rings. The fourth-order valence-corrected chi connectivity index (χ4v) is 2.63. The number of carbonyl (C=O) groups is 1. The van der Waals surface area contributed by atoms with Gasteiger partial charge in [-0.25, -0.2) is 0 Å².